The average molecular weight is 236 g/mol. The third-order valence-corrected chi connectivity index (χ3v) is 2.53. The summed E-state index contributed by atoms with van der Waals surface area (Å²) in [5.41, 5.74) is 1.14. The highest BCUT2D eigenvalue weighted by Gasteiger charge is 2.04. The molecule has 0 unspecified atom stereocenters. The largest absolute Gasteiger partial charge is 0.373 e. The predicted octanol–water partition coefficient (Wildman–Crippen LogP) is 0.691. The number of anilines is 1. The third kappa shape index (κ3) is 4.82. The van der Waals surface area contributed by atoms with Crippen molar-refractivity contribution in [3.05, 3.63) is 23.9 Å². The van der Waals surface area contributed by atoms with Crippen LogP contribution in [-0.2, 0) is 11.3 Å². The van der Waals surface area contributed by atoms with E-state index in [9.17, 15) is 4.79 Å². The second kappa shape index (κ2) is 6.85. The number of amides is 1. The Morgan fingerprint density at radius 2 is 2.18 bits per heavy atom. The van der Waals surface area contributed by atoms with Gasteiger partial charge in [-0.3, -0.25) is 4.79 Å². The maximum absolute atomic E-state index is 11.1. The van der Waals surface area contributed by atoms with Gasteiger partial charge in [0.15, 0.2) is 0 Å². The molecule has 1 rings (SSSR count). The molecule has 1 heterocycles. The molecule has 17 heavy (non-hydrogen) atoms. The van der Waals surface area contributed by atoms with Crippen molar-refractivity contribution in [3.8, 4) is 0 Å². The lowest BCUT2D eigenvalue weighted by atomic mass is 10.2. The van der Waals surface area contributed by atoms with Gasteiger partial charge in [-0.05, 0) is 18.7 Å². The quantitative estimate of drug-likeness (QED) is 0.763. The number of hydrogen-bond acceptors (Lipinski definition) is 4. The van der Waals surface area contributed by atoms with Crippen LogP contribution in [0.3, 0.4) is 0 Å². The van der Waals surface area contributed by atoms with Crippen molar-refractivity contribution in [2.24, 2.45) is 0 Å². The highest BCUT2D eigenvalue weighted by Crippen LogP contribution is 2.06. The van der Waals surface area contributed by atoms with Crippen molar-refractivity contribution in [1.29, 1.82) is 0 Å². The molecule has 0 spiro atoms. The van der Waals surface area contributed by atoms with E-state index in [1.807, 2.05) is 32.4 Å². The maximum Gasteiger partial charge on any atom is 0.221 e. The number of carbonyl (C=O) groups is 1. The summed E-state index contributed by atoms with van der Waals surface area (Å²) in [6.07, 6.45) is 2.37. The standard InChI is InChI=1S/C12H20N4O/c1-13-11-5-4-10(8-15-11)9-16(3)7-6-12(17)14-2/h4-5,8H,6-7,9H2,1-3H3,(H,13,15)(H,14,17). The van der Waals surface area contributed by atoms with Gasteiger partial charge in [0.05, 0.1) is 0 Å². The first-order valence-corrected chi connectivity index (χ1v) is 5.67. The van der Waals surface area contributed by atoms with E-state index in [2.05, 4.69) is 20.5 Å². The Kier molecular flexibility index (Phi) is 5.42. The minimum absolute atomic E-state index is 0.0699. The highest BCUT2D eigenvalue weighted by atomic mass is 16.1. The van der Waals surface area contributed by atoms with E-state index < -0.39 is 0 Å². The number of nitrogens with zero attached hydrogens (tertiary/aromatic N) is 2. The summed E-state index contributed by atoms with van der Waals surface area (Å²) in [4.78, 5) is 17.4. The topological polar surface area (TPSA) is 57.3 Å². The van der Waals surface area contributed by atoms with Crippen LogP contribution in [0.25, 0.3) is 0 Å². The number of rotatable bonds is 6. The fourth-order valence-corrected chi connectivity index (χ4v) is 1.47. The van der Waals surface area contributed by atoms with E-state index >= 15 is 0 Å². The molecule has 2 N–H and O–H groups in total. The smallest absolute Gasteiger partial charge is 0.221 e. The molecule has 5 heteroatoms. The number of nitrogens with one attached hydrogen (secondary N) is 2. The second-order valence-corrected chi connectivity index (χ2v) is 3.96. The van der Waals surface area contributed by atoms with Crippen molar-refractivity contribution >= 4 is 11.7 Å². The molecule has 1 aromatic rings. The van der Waals surface area contributed by atoms with Crippen molar-refractivity contribution in [1.82, 2.24) is 15.2 Å². The van der Waals surface area contributed by atoms with Crippen molar-refractivity contribution in [3.63, 3.8) is 0 Å². The summed E-state index contributed by atoms with van der Waals surface area (Å²) in [6.45, 7) is 1.54. The van der Waals surface area contributed by atoms with Gasteiger partial charge in [0, 0.05) is 39.8 Å². The molecule has 1 aromatic heterocycles. The summed E-state index contributed by atoms with van der Waals surface area (Å²) < 4.78 is 0. The second-order valence-electron chi connectivity index (χ2n) is 3.96. The van der Waals surface area contributed by atoms with E-state index in [-0.39, 0.29) is 5.91 Å². The molecule has 0 saturated carbocycles. The van der Waals surface area contributed by atoms with Crippen LogP contribution in [0.15, 0.2) is 18.3 Å². The lowest BCUT2D eigenvalue weighted by Gasteiger charge is -2.16. The normalized spacial score (nSPS) is 10.4. The Morgan fingerprint density at radius 3 is 2.71 bits per heavy atom. The van der Waals surface area contributed by atoms with Crippen molar-refractivity contribution < 1.29 is 4.79 Å². The first-order chi connectivity index (χ1) is 8.15. The van der Waals surface area contributed by atoms with Gasteiger partial charge in [-0.15, -0.1) is 0 Å². The van der Waals surface area contributed by atoms with Gasteiger partial charge in [0.1, 0.15) is 5.82 Å². The Labute approximate surface area is 102 Å². The van der Waals surface area contributed by atoms with Gasteiger partial charge in [-0.1, -0.05) is 6.07 Å². The molecule has 94 valence electrons. The molecule has 0 aliphatic heterocycles. The summed E-state index contributed by atoms with van der Waals surface area (Å²) in [5, 5.41) is 5.59. The van der Waals surface area contributed by atoms with E-state index in [1.54, 1.807) is 7.05 Å². The summed E-state index contributed by atoms with van der Waals surface area (Å²) in [7, 11) is 5.50. The van der Waals surface area contributed by atoms with E-state index in [4.69, 9.17) is 0 Å². The Balaban J connectivity index is 2.39. The number of pyridine rings is 1. The first-order valence-electron chi connectivity index (χ1n) is 5.67. The zero-order valence-corrected chi connectivity index (χ0v) is 10.7. The van der Waals surface area contributed by atoms with Crippen molar-refractivity contribution in [2.75, 3.05) is 33.0 Å². The molecular formula is C12H20N4O. The number of carbonyl (C=O) groups excluding carboxylic acids is 1. The van der Waals surface area contributed by atoms with E-state index in [0.717, 1.165) is 24.5 Å². The molecule has 0 radical (unpaired) electrons. The Bertz CT molecular complexity index is 350. The summed E-state index contributed by atoms with van der Waals surface area (Å²) in [5.74, 6) is 0.933. The monoisotopic (exact) mass is 236 g/mol. The summed E-state index contributed by atoms with van der Waals surface area (Å²) in [6, 6.07) is 3.98. The van der Waals surface area contributed by atoms with Gasteiger partial charge in [0.2, 0.25) is 5.91 Å². The molecule has 0 atom stereocenters. The molecule has 0 fully saturated rings. The van der Waals surface area contributed by atoms with Crippen LogP contribution < -0.4 is 10.6 Å². The fraction of sp³-hybridized carbons (Fsp3) is 0.500. The highest BCUT2D eigenvalue weighted by molar-refractivity contribution is 5.75. The zero-order chi connectivity index (χ0) is 12.7. The SMILES string of the molecule is CNC(=O)CCN(C)Cc1ccc(NC)nc1. The molecule has 0 aliphatic carbocycles. The minimum atomic E-state index is 0.0699. The van der Waals surface area contributed by atoms with Crippen LogP contribution in [-0.4, -0.2) is 43.5 Å². The van der Waals surface area contributed by atoms with Crippen LogP contribution in [0.4, 0.5) is 5.82 Å². The Hall–Kier alpha value is -1.62. The lowest BCUT2D eigenvalue weighted by Crippen LogP contribution is -2.26. The average Bonchev–Trinajstić information content (AvgIpc) is 2.36. The van der Waals surface area contributed by atoms with Gasteiger partial charge < -0.3 is 15.5 Å². The molecular weight excluding hydrogens is 216 g/mol. The molecule has 0 bridgehead atoms. The van der Waals surface area contributed by atoms with E-state index in [1.165, 1.54) is 0 Å². The fourth-order valence-electron chi connectivity index (χ4n) is 1.47. The number of hydrogen-bond donors (Lipinski definition) is 2. The molecule has 0 aromatic carbocycles. The zero-order valence-electron chi connectivity index (χ0n) is 10.7. The molecule has 0 saturated heterocycles. The van der Waals surface area contributed by atoms with Crippen molar-refractivity contribution in [2.45, 2.75) is 13.0 Å². The van der Waals surface area contributed by atoms with Gasteiger partial charge in [0.25, 0.3) is 0 Å². The maximum atomic E-state index is 11.1. The number of aromatic nitrogens is 1. The predicted molar refractivity (Wildman–Crippen MR) is 68.8 cm³/mol. The lowest BCUT2D eigenvalue weighted by molar-refractivity contribution is -0.120. The van der Waals surface area contributed by atoms with Gasteiger partial charge in [-0.2, -0.15) is 0 Å². The summed E-state index contributed by atoms with van der Waals surface area (Å²) >= 11 is 0. The van der Waals surface area contributed by atoms with Crippen LogP contribution in [0.2, 0.25) is 0 Å². The van der Waals surface area contributed by atoms with Crippen LogP contribution in [0, 0.1) is 0 Å². The first kappa shape index (κ1) is 13.4. The van der Waals surface area contributed by atoms with Gasteiger partial charge in [-0.25, -0.2) is 4.98 Å². The van der Waals surface area contributed by atoms with Gasteiger partial charge >= 0.3 is 0 Å². The Morgan fingerprint density at radius 1 is 1.41 bits per heavy atom. The molecule has 5 nitrogen and oxygen atoms in total. The van der Waals surface area contributed by atoms with Crippen LogP contribution >= 0.6 is 0 Å². The third-order valence-electron chi connectivity index (χ3n) is 2.53. The van der Waals surface area contributed by atoms with Crippen LogP contribution in [0.1, 0.15) is 12.0 Å². The van der Waals surface area contributed by atoms with E-state index in [0.29, 0.717) is 6.42 Å². The minimum Gasteiger partial charge on any atom is -0.373 e. The van der Waals surface area contributed by atoms with Crippen LogP contribution in [0.5, 0.6) is 0 Å². The molecule has 0 aliphatic rings. The molecule has 1 amide bonds.